The Labute approximate surface area is 182 Å². The van der Waals surface area contributed by atoms with E-state index < -0.39 is 5.54 Å². The first-order valence-corrected chi connectivity index (χ1v) is 9.84. The zero-order chi connectivity index (χ0) is 22.5. The molecule has 5 heterocycles. The Balaban J connectivity index is 1.65. The number of likely N-dealkylation sites (tertiary alicyclic amines) is 1. The van der Waals surface area contributed by atoms with E-state index in [4.69, 9.17) is 16.0 Å². The summed E-state index contributed by atoms with van der Waals surface area (Å²) in [6.45, 7) is 0.557. The molecular formula is C20H19N11O. The number of nitriles is 2. The van der Waals surface area contributed by atoms with Gasteiger partial charge in [-0.15, -0.1) is 0 Å². The average Bonchev–Trinajstić information content (AvgIpc) is 3.47. The number of nitrogens with zero attached hydrogens (tertiary/aromatic N) is 10. The molecule has 5 rings (SSSR count). The maximum atomic E-state index is 9.70. The molecule has 12 nitrogen and oxygen atoms in total. The Hall–Kier alpha value is -4.42. The van der Waals surface area contributed by atoms with Crippen molar-refractivity contribution in [2.75, 3.05) is 18.8 Å². The van der Waals surface area contributed by atoms with E-state index >= 15 is 0 Å². The first kappa shape index (κ1) is 19.5. The predicted octanol–water partition coefficient (Wildman–Crippen LogP) is 0.473. The number of aryl methyl sites for hydroxylation is 1. The molecular weight excluding hydrogens is 410 g/mol. The van der Waals surface area contributed by atoms with Crippen LogP contribution in [0.15, 0.2) is 30.9 Å². The van der Waals surface area contributed by atoms with Gasteiger partial charge in [-0.1, -0.05) is 0 Å². The van der Waals surface area contributed by atoms with Crippen LogP contribution in [0.4, 0.5) is 5.82 Å². The average molecular weight is 429 g/mol. The zero-order valence-corrected chi connectivity index (χ0v) is 17.2. The zero-order valence-electron chi connectivity index (χ0n) is 17.2. The van der Waals surface area contributed by atoms with Crippen molar-refractivity contribution < 1.29 is 5.11 Å². The van der Waals surface area contributed by atoms with Crippen LogP contribution in [0.2, 0.25) is 0 Å². The van der Waals surface area contributed by atoms with Gasteiger partial charge in [0.1, 0.15) is 11.2 Å². The van der Waals surface area contributed by atoms with Crippen molar-refractivity contribution in [2.24, 2.45) is 7.05 Å². The van der Waals surface area contributed by atoms with Crippen LogP contribution in [0.5, 0.6) is 0 Å². The van der Waals surface area contributed by atoms with Crippen LogP contribution in [0.3, 0.4) is 0 Å². The van der Waals surface area contributed by atoms with E-state index in [0.717, 1.165) is 5.52 Å². The molecule has 160 valence electrons. The summed E-state index contributed by atoms with van der Waals surface area (Å²) in [6, 6.07) is 4.02. The van der Waals surface area contributed by atoms with Gasteiger partial charge in [0.25, 0.3) is 0 Å². The monoisotopic (exact) mass is 429 g/mol. The molecule has 0 aromatic carbocycles. The molecule has 1 aliphatic heterocycles. The van der Waals surface area contributed by atoms with Crippen LogP contribution < -0.4 is 5.73 Å². The highest BCUT2D eigenvalue weighted by molar-refractivity contribution is 5.84. The topological polar surface area (TPSA) is 163 Å². The lowest BCUT2D eigenvalue weighted by molar-refractivity contribution is 0.0507. The minimum absolute atomic E-state index is 0.205. The molecule has 4 aromatic rings. The smallest absolute Gasteiger partial charge is 0.179 e. The Morgan fingerprint density at radius 1 is 1.19 bits per heavy atom. The first-order valence-electron chi connectivity index (χ1n) is 9.84. The molecule has 1 fully saturated rings. The summed E-state index contributed by atoms with van der Waals surface area (Å²) in [6.07, 6.45) is 9.29. The normalized spacial score (nSPS) is 14.8. The summed E-state index contributed by atoms with van der Waals surface area (Å²) in [5.74, 6) is 0.263. The second-order valence-corrected chi connectivity index (χ2v) is 7.84. The van der Waals surface area contributed by atoms with Gasteiger partial charge in [0.05, 0.1) is 67.0 Å². The maximum Gasteiger partial charge on any atom is 0.179 e. The van der Waals surface area contributed by atoms with E-state index in [9.17, 15) is 10.4 Å². The molecule has 0 saturated carbocycles. The van der Waals surface area contributed by atoms with Crippen LogP contribution in [0, 0.1) is 22.8 Å². The van der Waals surface area contributed by atoms with Gasteiger partial charge in [0.2, 0.25) is 0 Å². The van der Waals surface area contributed by atoms with Gasteiger partial charge < -0.3 is 15.7 Å². The summed E-state index contributed by atoms with van der Waals surface area (Å²) < 4.78 is 4.98. The molecule has 0 amide bonds. The summed E-state index contributed by atoms with van der Waals surface area (Å²) in [4.78, 5) is 6.40. The number of fused-ring (bicyclic) bond motifs is 1. The Bertz CT molecular complexity index is 1410. The van der Waals surface area contributed by atoms with Crippen molar-refractivity contribution in [1.82, 2.24) is 39.1 Å². The molecule has 0 aliphatic carbocycles. The van der Waals surface area contributed by atoms with Crippen LogP contribution in [-0.2, 0) is 19.2 Å². The number of hydrogen-bond donors (Lipinski definition) is 2. The number of aliphatic hydroxyl groups excluding tert-OH is 1. The highest BCUT2D eigenvalue weighted by Crippen LogP contribution is 2.36. The molecule has 0 spiro atoms. The van der Waals surface area contributed by atoms with Gasteiger partial charge in [0.15, 0.2) is 12.0 Å². The molecule has 3 N–H and O–H groups in total. The van der Waals surface area contributed by atoms with Crippen LogP contribution >= 0.6 is 0 Å². The lowest BCUT2D eigenvalue weighted by Gasteiger charge is -2.46. The highest BCUT2D eigenvalue weighted by atomic mass is 16.3. The van der Waals surface area contributed by atoms with Crippen molar-refractivity contribution >= 4 is 11.3 Å². The standard InChI is InChI=1S/C20H19N11O/c1-28-6-13(16(9-32)26-28)15-8-30-17(2-5-24-30)18(25-15)14-7-31(27-19(14)23)20(3-4-21)10-29(11-20)12-22/h2,5-8,32H,3,9-11H2,1H3,(H2,23,27). The number of hydrogen-bond acceptors (Lipinski definition) is 9. The largest absolute Gasteiger partial charge is 0.390 e. The van der Waals surface area contributed by atoms with Crippen molar-refractivity contribution in [3.63, 3.8) is 0 Å². The van der Waals surface area contributed by atoms with Gasteiger partial charge in [-0.05, 0) is 6.07 Å². The summed E-state index contributed by atoms with van der Waals surface area (Å²) >= 11 is 0. The van der Waals surface area contributed by atoms with E-state index in [0.29, 0.717) is 41.3 Å². The van der Waals surface area contributed by atoms with Crippen molar-refractivity contribution in [3.05, 3.63) is 36.5 Å². The minimum atomic E-state index is -0.613. The van der Waals surface area contributed by atoms with Gasteiger partial charge in [-0.25, -0.2) is 9.50 Å². The highest BCUT2D eigenvalue weighted by Gasteiger charge is 2.46. The third-order valence-corrected chi connectivity index (χ3v) is 5.72. The van der Waals surface area contributed by atoms with E-state index in [1.54, 1.807) is 50.6 Å². The SMILES string of the molecule is Cn1cc(-c2cn3nccc3c(-c3cn(C4(CC#N)CN(C#N)C4)nc3N)n2)c(CO)n1. The molecule has 32 heavy (non-hydrogen) atoms. The molecule has 1 aliphatic rings. The Morgan fingerprint density at radius 3 is 2.72 bits per heavy atom. The van der Waals surface area contributed by atoms with Gasteiger partial charge >= 0.3 is 0 Å². The van der Waals surface area contributed by atoms with Crippen LogP contribution in [-0.4, -0.2) is 57.3 Å². The van der Waals surface area contributed by atoms with E-state index in [1.165, 1.54) is 0 Å². The number of anilines is 1. The van der Waals surface area contributed by atoms with Gasteiger partial charge in [0, 0.05) is 25.0 Å². The van der Waals surface area contributed by atoms with E-state index in [-0.39, 0.29) is 18.8 Å². The number of rotatable bonds is 5. The Kier molecular flexibility index (Phi) is 4.32. The maximum absolute atomic E-state index is 9.70. The molecule has 0 unspecified atom stereocenters. The second kappa shape index (κ2) is 7.08. The third-order valence-electron chi connectivity index (χ3n) is 5.72. The Morgan fingerprint density at radius 2 is 2.00 bits per heavy atom. The molecule has 0 radical (unpaired) electrons. The quantitative estimate of drug-likeness (QED) is 0.429. The molecule has 4 aromatic heterocycles. The van der Waals surface area contributed by atoms with Crippen molar-refractivity contribution in [2.45, 2.75) is 18.6 Å². The van der Waals surface area contributed by atoms with E-state index in [2.05, 4.69) is 27.6 Å². The first-order chi connectivity index (χ1) is 15.5. The fraction of sp³-hybridized carbons (Fsp3) is 0.300. The molecule has 0 bridgehead atoms. The van der Waals surface area contributed by atoms with Crippen LogP contribution in [0.1, 0.15) is 12.1 Å². The fourth-order valence-electron chi connectivity index (χ4n) is 4.15. The lowest BCUT2D eigenvalue weighted by atomic mass is 9.87. The third kappa shape index (κ3) is 2.85. The van der Waals surface area contributed by atoms with Crippen molar-refractivity contribution in [1.29, 1.82) is 10.5 Å². The molecule has 0 atom stereocenters. The summed E-state index contributed by atoms with van der Waals surface area (Å²) in [7, 11) is 1.77. The summed E-state index contributed by atoms with van der Waals surface area (Å²) in [5.41, 5.74) is 9.35. The predicted molar refractivity (Wildman–Crippen MR) is 112 cm³/mol. The van der Waals surface area contributed by atoms with Crippen molar-refractivity contribution in [3.8, 4) is 34.8 Å². The fourth-order valence-corrected chi connectivity index (χ4v) is 4.15. The number of nitrogens with two attached hydrogens (primary N) is 1. The van der Waals surface area contributed by atoms with Crippen LogP contribution in [0.25, 0.3) is 28.0 Å². The van der Waals surface area contributed by atoms with Gasteiger partial charge in [-0.2, -0.15) is 25.8 Å². The molecule has 12 heteroatoms. The number of aliphatic hydroxyl groups is 1. The number of aromatic nitrogens is 7. The molecule has 1 saturated heterocycles. The second-order valence-electron chi connectivity index (χ2n) is 7.84. The number of nitrogen functional groups attached to an aromatic ring is 1. The lowest BCUT2D eigenvalue weighted by Crippen LogP contribution is -2.60. The van der Waals surface area contributed by atoms with Gasteiger partial charge in [-0.3, -0.25) is 9.36 Å². The van der Waals surface area contributed by atoms with E-state index in [1.807, 2.05) is 6.07 Å². The summed E-state index contributed by atoms with van der Waals surface area (Å²) in [5, 5.41) is 41.3. The minimum Gasteiger partial charge on any atom is -0.390 e.